The molecule has 26 heavy (non-hydrogen) atoms. The molecule has 1 aliphatic heterocycles. The van der Waals surface area contributed by atoms with Gasteiger partial charge in [0.15, 0.2) is 0 Å². The van der Waals surface area contributed by atoms with Crippen molar-refractivity contribution in [2.45, 2.75) is 39.2 Å². The van der Waals surface area contributed by atoms with Crippen molar-refractivity contribution in [1.82, 2.24) is 24.7 Å². The maximum Gasteiger partial charge on any atom is 0.259 e. The summed E-state index contributed by atoms with van der Waals surface area (Å²) in [4.78, 5) is 17.2. The Kier molecular flexibility index (Phi) is 5.46. The van der Waals surface area contributed by atoms with E-state index in [1.54, 1.807) is 0 Å². The predicted molar refractivity (Wildman–Crippen MR) is 98.9 cm³/mol. The van der Waals surface area contributed by atoms with E-state index in [0.717, 1.165) is 19.4 Å². The second-order valence-electron chi connectivity index (χ2n) is 7.31. The van der Waals surface area contributed by atoms with Crippen LogP contribution in [0.25, 0.3) is 0 Å². The molecule has 2 aromatic heterocycles. The summed E-state index contributed by atoms with van der Waals surface area (Å²) in [6, 6.07) is 2.35. The van der Waals surface area contributed by atoms with Gasteiger partial charge in [-0.25, -0.2) is 0 Å². The van der Waals surface area contributed by atoms with E-state index in [1.165, 1.54) is 5.69 Å². The third-order valence-electron chi connectivity index (χ3n) is 5.49. The average molecular weight is 359 g/mol. The van der Waals surface area contributed by atoms with Gasteiger partial charge in [-0.1, -0.05) is 12.1 Å². The number of aromatic nitrogens is 3. The van der Waals surface area contributed by atoms with E-state index in [4.69, 9.17) is 4.52 Å². The van der Waals surface area contributed by atoms with Gasteiger partial charge in [0.05, 0.1) is 17.4 Å². The average Bonchev–Trinajstić information content (AvgIpc) is 3.20. The van der Waals surface area contributed by atoms with Gasteiger partial charge in [-0.3, -0.25) is 14.4 Å². The van der Waals surface area contributed by atoms with Gasteiger partial charge in [-0.15, -0.1) is 0 Å². The van der Waals surface area contributed by atoms with Gasteiger partial charge < -0.3 is 9.42 Å². The zero-order valence-corrected chi connectivity index (χ0v) is 16.4. The van der Waals surface area contributed by atoms with Crippen LogP contribution < -0.4 is 0 Å². The standard InChI is InChI=1S/C19H29N5O2/c1-6-16-17(13(2)21-26-16)19(25)23(4)12-14-8-7-11-22(3)18(14)15-9-10-20-24(15)5/h9-10,14,18H,6-8,11-12H2,1-5H3/t14-,18+/m0/s1. The lowest BCUT2D eigenvalue weighted by Gasteiger charge is -2.40. The number of likely N-dealkylation sites (tertiary alicyclic amines) is 1. The molecule has 2 aromatic rings. The van der Waals surface area contributed by atoms with Crippen LogP contribution >= 0.6 is 0 Å². The van der Waals surface area contributed by atoms with Crippen molar-refractivity contribution in [3.63, 3.8) is 0 Å². The maximum absolute atomic E-state index is 13.0. The first-order valence-electron chi connectivity index (χ1n) is 9.32. The molecule has 1 saturated heterocycles. The number of hydrogen-bond acceptors (Lipinski definition) is 5. The zero-order chi connectivity index (χ0) is 18.8. The molecule has 0 aromatic carbocycles. The molecule has 0 aliphatic carbocycles. The fraction of sp³-hybridized carbons (Fsp3) is 0.632. The smallest absolute Gasteiger partial charge is 0.259 e. The van der Waals surface area contributed by atoms with Gasteiger partial charge in [0.25, 0.3) is 5.91 Å². The van der Waals surface area contributed by atoms with Gasteiger partial charge in [0, 0.05) is 33.3 Å². The Labute approximate surface area is 154 Å². The molecule has 3 heterocycles. The lowest BCUT2D eigenvalue weighted by molar-refractivity contribution is 0.0628. The van der Waals surface area contributed by atoms with Crippen LogP contribution in [0.3, 0.4) is 0 Å². The van der Waals surface area contributed by atoms with Crippen LogP contribution in [0.5, 0.6) is 0 Å². The summed E-state index contributed by atoms with van der Waals surface area (Å²) in [5, 5.41) is 8.31. The predicted octanol–water partition coefficient (Wildman–Crippen LogP) is 2.43. The van der Waals surface area contributed by atoms with E-state index in [2.05, 4.69) is 28.3 Å². The van der Waals surface area contributed by atoms with Crippen molar-refractivity contribution >= 4 is 5.91 Å². The molecule has 0 bridgehead atoms. The first kappa shape index (κ1) is 18.6. The molecule has 7 heteroatoms. The molecule has 0 spiro atoms. The number of carbonyl (C=O) groups is 1. The molecule has 142 valence electrons. The van der Waals surface area contributed by atoms with E-state index in [0.29, 0.717) is 35.9 Å². The largest absolute Gasteiger partial charge is 0.360 e. The lowest BCUT2D eigenvalue weighted by atomic mass is 9.86. The van der Waals surface area contributed by atoms with Crippen LogP contribution in [0.15, 0.2) is 16.8 Å². The number of carbonyl (C=O) groups excluding carboxylic acids is 1. The summed E-state index contributed by atoms with van der Waals surface area (Å²) >= 11 is 0. The number of hydrogen-bond donors (Lipinski definition) is 0. The van der Waals surface area contributed by atoms with Gasteiger partial charge in [-0.2, -0.15) is 5.10 Å². The van der Waals surface area contributed by atoms with Crippen molar-refractivity contribution in [2.24, 2.45) is 13.0 Å². The molecule has 2 atom stereocenters. The number of nitrogens with zero attached hydrogens (tertiary/aromatic N) is 5. The van der Waals surface area contributed by atoms with Gasteiger partial charge >= 0.3 is 0 Å². The van der Waals surface area contributed by atoms with E-state index >= 15 is 0 Å². The molecular weight excluding hydrogens is 330 g/mol. The summed E-state index contributed by atoms with van der Waals surface area (Å²) in [5.41, 5.74) is 2.49. The number of amides is 1. The van der Waals surface area contributed by atoms with Crippen molar-refractivity contribution in [1.29, 1.82) is 0 Å². The molecule has 0 radical (unpaired) electrons. The summed E-state index contributed by atoms with van der Waals surface area (Å²) < 4.78 is 7.25. The Hall–Kier alpha value is -2.15. The molecule has 0 N–H and O–H groups in total. The first-order chi connectivity index (χ1) is 12.4. The van der Waals surface area contributed by atoms with E-state index < -0.39 is 0 Å². The van der Waals surface area contributed by atoms with Gasteiger partial charge in [-0.05, 0) is 45.3 Å². The van der Waals surface area contributed by atoms with Crippen LogP contribution in [0.2, 0.25) is 0 Å². The summed E-state index contributed by atoms with van der Waals surface area (Å²) in [6.45, 7) is 5.57. The lowest BCUT2D eigenvalue weighted by Crippen LogP contribution is -2.43. The Morgan fingerprint density at radius 3 is 2.85 bits per heavy atom. The van der Waals surface area contributed by atoms with Crippen LogP contribution in [0.1, 0.15) is 53.3 Å². The molecule has 0 saturated carbocycles. The minimum atomic E-state index is -0.00224. The number of aryl methyl sites for hydroxylation is 3. The second-order valence-corrected chi connectivity index (χ2v) is 7.31. The Morgan fingerprint density at radius 2 is 2.19 bits per heavy atom. The van der Waals surface area contributed by atoms with Crippen molar-refractivity contribution in [3.05, 3.63) is 35.0 Å². The van der Waals surface area contributed by atoms with E-state index in [9.17, 15) is 4.79 Å². The maximum atomic E-state index is 13.0. The third-order valence-corrected chi connectivity index (χ3v) is 5.49. The van der Waals surface area contributed by atoms with Crippen molar-refractivity contribution in [2.75, 3.05) is 27.2 Å². The quantitative estimate of drug-likeness (QED) is 0.820. The van der Waals surface area contributed by atoms with E-state index in [-0.39, 0.29) is 11.9 Å². The van der Waals surface area contributed by atoms with Crippen LogP contribution in [0, 0.1) is 12.8 Å². The summed E-state index contributed by atoms with van der Waals surface area (Å²) in [6.07, 6.45) is 4.75. The van der Waals surface area contributed by atoms with Crippen LogP contribution in [-0.4, -0.2) is 57.8 Å². The Morgan fingerprint density at radius 1 is 1.42 bits per heavy atom. The fourth-order valence-corrected chi connectivity index (χ4v) is 4.15. The molecule has 1 aliphatic rings. The molecule has 1 amide bonds. The summed E-state index contributed by atoms with van der Waals surface area (Å²) in [7, 11) is 6.02. The second kappa shape index (κ2) is 7.61. The van der Waals surface area contributed by atoms with Crippen LogP contribution in [-0.2, 0) is 13.5 Å². The fourth-order valence-electron chi connectivity index (χ4n) is 4.15. The third kappa shape index (κ3) is 3.40. The highest BCUT2D eigenvalue weighted by Gasteiger charge is 2.34. The Bertz CT molecular complexity index is 766. The molecule has 7 nitrogen and oxygen atoms in total. The monoisotopic (exact) mass is 359 g/mol. The highest BCUT2D eigenvalue weighted by atomic mass is 16.5. The highest BCUT2D eigenvalue weighted by Crippen LogP contribution is 2.35. The van der Waals surface area contributed by atoms with Crippen molar-refractivity contribution < 1.29 is 9.32 Å². The number of rotatable bonds is 5. The Balaban J connectivity index is 1.80. The SMILES string of the molecule is CCc1onc(C)c1C(=O)N(C)C[C@@H]1CCCN(C)[C@H]1c1ccnn1C. The van der Waals surface area contributed by atoms with Gasteiger partial charge in [0.2, 0.25) is 0 Å². The highest BCUT2D eigenvalue weighted by molar-refractivity contribution is 5.96. The number of piperidine rings is 1. The minimum absolute atomic E-state index is 0.00224. The summed E-state index contributed by atoms with van der Waals surface area (Å²) in [5.74, 6) is 1.03. The van der Waals surface area contributed by atoms with Crippen molar-refractivity contribution in [3.8, 4) is 0 Å². The van der Waals surface area contributed by atoms with E-state index in [1.807, 2.05) is 43.7 Å². The zero-order valence-electron chi connectivity index (χ0n) is 16.4. The molecule has 1 fully saturated rings. The first-order valence-corrected chi connectivity index (χ1v) is 9.32. The molecule has 0 unspecified atom stereocenters. The molecule has 3 rings (SSSR count). The normalized spacial score (nSPS) is 21.1. The topological polar surface area (TPSA) is 67.4 Å². The van der Waals surface area contributed by atoms with Gasteiger partial charge in [0.1, 0.15) is 11.3 Å². The molecular formula is C19H29N5O2. The van der Waals surface area contributed by atoms with Crippen LogP contribution in [0.4, 0.5) is 0 Å². The minimum Gasteiger partial charge on any atom is -0.360 e.